The van der Waals surface area contributed by atoms with Gasteiger partial charge in [-0.3, -0.25) is 0 Å². The molecule has 1 nitrogen and oxygen atoms in total. The van der Waals surface area contributed by atoms with Crippen LogP contribution in [0, 0.1) is 11.6 Å². The van der Waals surface area contributed by atoms with Crippen LogP contribution in [-0.4, -0.2) is 7.05 Å². The van der Waals surface area contributed by atoms with Crippen LogP contribution in [0.15, 0.2) is 36.4 Å². The van der Waals surface area contributed by atoms with E-state index in [0.717, 1.165) is 18.4 Å². The average Bonchev–Trinajstić information content (AvgIpc) is 2.49. The van der Waals surface area contributed by atoms with Gasteiger partial charge in [-0.2, -0.15) is 0 Å². The third-order valence-corrected chi connectivity index (χ3v) is 4.06. The number of hydrogen-bond acceptors (Lipinski definition) is 1. The van der Waals surface area contributed by atoms with E-state index in [1.807, 2.05) is 13.1 Å². The van der Waals surface area contributed by atoms with Crippen LogP contribution in [0.2, 0.25) is 0 Å². The highest BCUT2D eigenvalue weighted by Crippen LogP contribution is 2.33. The molecule has 1 unspecified atom stereocenters. The molecule has 1 N–H and O–H groups in total. The van der Waals surface area contributed by atoms with E-state index in [0.29, 0.717) is 11.6 Å². The Bertz CT molecular complexity index is 637. The Hall–Kier alpha value is -1.74. The molecule has 0 saturated heterocycles. The first-order valence-corrected chi connectivity index (χ1v) is 6.94. The summed E-state index contributed by atoms with van der Waals surface area (Å²) in [5.41, 5.74) is 4.28. The maximum atomic E-state index is 13.4. The highest BCUT2D eigenvalue weighted by atomic mass is 19.2. The van der Waals surface area contributed by atoms with E-state index in [4.69, 9.17) is 0 Å². The van der Waals surface area contributed by atoms with Crippen LogP contribution in [0.4, 0.5) is 8.78 Å². The smallest absolute Gasteiger partial charge is 0.159 e. The highest BCUT2D eigenvalue weighted by molar-refractivity contribution is 5.65. The van der Waals surface area contributed by atoms with Gasteiger partial charge in [0, 0.05) is 6.04 Å². The summed E-state index contributed by atoms with van der Waals surface area (Å²) in [5.74, 6) is -1.61. The van der Waals surface area contributed by atoms with Gasteiger partial charge in [-0.1, -0.05) is 18.2 Å². The maximum Gasteiger partial charge on any atom is 0.159 e. The van der Waals surface area contributed by atoms with Crippen molar-refractivity contribution in [3.05, 3.63) is 59.2 Å². The maximum absolute atomic E-state index is 13.4. The van der Waals surface area contributed by atoms with Crippen molar-refractivity contribution in [2.75, 3.05) is 7.05 Å². The van der Waals surface area contributed by atoms with Crippen molar-refractivity contribution in [1.82, 2.24) is 5.32 Å². The fourth-order valence-electron chi connectivity index (χ4n) is 2.95. The van der Waals surface area contributed by atoms with Crippen molar-refractivity contribution in [2.24, 2.45) is 0 Å². The summed E-state index contributed by atoms with van der Waals surface area (Å²) < 4.78 is 26.4. The second-order valence-electron chi connectivity index (χ2n) is 5.28. The minimum absolute atomic E-state index is 0.351. The van der Waals surface area contributed by atoms with E-state index in [9.17, 15) is 8.78 Å². The van der Waals surface area contributed by atoms with Gasteiger partial charge in [0.1, 0.15) is 0 Å². The molecule has 2 aromatic rings. The second-order valence-corrected chi connectivity index (χ2v) is 5.28. The predicted molar refractivity (Wildman–Crippen MR) is 76.5 cm³/mol. The fraction of sp³-hybridized carbons (Fsp3) is 0.294. The zero-order chi connectivity index (χ0) is 14.1. The average molecular weight is 273 g/mol. The van der Waals surface area contributed by atoms with Crippen molar-refractivity contribution in [2.45, 2.75) is 25.3 Å². The Morgan fingerprint density at radius 3 is 2.50 bits per heavy atom. The molecule has 0 bridgehead atoms. The van der Waals surface area contributed by atoms with E-state index in [1.165, 1.54) is 29.7 Å². The van der Waals surface area contributed by atoms with Crippen LogP contribution in [0.25, 0.3) is 11.1 Å². The van der Waals surface area contributed by atoms with Gasteiger partial charge in [-0.05, 0) is 66.8 Å². The molecular formula is C17H17F2N. The number of hydrogen-bond donors (Lipinski definition) is 1. The molecule has 0 aromatic heterocycles. The van der Waals surface area contributed by atoms with Crippen molar-refractivity contribution >= 4 is 0 Å². The van der Waals surface area contributed by atoms with Crippen LogP contribution in [0.5, 0.6) is 0 Å². The van der Waals surface area contributed by atoms with E-state index in [1.54, 1.807) is 6.07 Å². The number of nitrogens with one attached hydrogen (secondary N) is 1. The Kier molecular flexibility index (Phi) is 3.53. The Balaban J connectivity index is 2.04. The van der Waals surface area contributed by atoms with Crippen molar-refractivity contribution in [3.63, 3.8) is 0 Å². The van der Waals surface area contributed by atoms with E-state index >= 15 is 0 Å². The van der Waals surface area contributed by atoms with Gasteiger partial charge in [-0.15, -0.1) is 0 Å². The molecular weight excluding hydrogens is 256 g/mol. The third-order valence-electron chi connectivity index (χ3n) is 4.06. The summed E-state index contributed by atoms with van der Waals surface area (Å²) in [6.45, 7) is 0. The topological polar surface area (TPSA) is 12.0 Å². The fourth-order valence-corrected chi connectivity index (χ4v) is 2.95. The molecule has 0 fully saturated rings. The molecule has 1 aliphatic rings. The van der Waals surface area contributed by atoms with Gasteiger partial charge in [0.05, 0.1) is 0 Å². The molecule has 104 valence electrons. The Labute approximate surface area is 117 Å². The third kappa shape index (κ3) is 2.34. The summed E-state index contributed by atoms with van der Waals surface area (Å²) in [6.07, 6.45) is 3.39. The quantitative estimate of drug-likeness (QED) is 0.863. The number of rotatable bonds is 2. The number of halogens is 2. The summed E-state index contributed by atoms with van der Waals surface area (Å²) in [6, 6.07) is 10.6. The first kappa shape index (κ1) is 13.3. The van der Waals surface area contributed by atoms with Crippen LogP contribution in [0.3, 0.4) is 0 Å². The van der Waals surface area contributed by atoms with Crippen LogP contribution in [0.1, 0.15) is 30.0 Å². The standard InChI is InChI=1S/C17H17F2N/c1-20-17-4-2-3-11-5-6-12(9-14(11)17)13-7-8-15(18)16(19)10-13/h5-10,17,20H,2-4H2,1H3. The molecule has 0 aliphatic heterocycles. The van der Waals surface area contributed by atoms with Gasteiger partial charge in [-0.25, -0.2) is 8.78 Å². The lowest BCUT2D eigenvalue weighted by Gasteiger charge is -2.25. The lowest BCUT2D eigenvalue weighted by Crippen LogP contribution is -2.21. The van der Waals surface area contributed by atoms with Gasteiger partial charge < -0.3 is 5.32 Å². The zero-order valence-corrected chi connectivity index (χ0v) is 11.4. The van der Waals surface area contributed by atoms with Gasteiger partial charge in [0.2, 0.25) is 0 Å². The van der Waals surface area contributed by atoms with Gasteiger partial charge in [0.25, 0.3) is 0 Å². The summed E-state index contributed by atoms with van der Waals surface area (Å²) in [7, 11) is 1.96. The predicted octanol–water partition coefficient (Wildman–Crippen LogP) is 4.23. The first-order chi connectivity index (χ1) is 9.69. The molecule has 1 atom stereocenters. The molecule has 3 heteroatoms. The van der Waals surface area contributed by atoms with Crippen LogP contribution >= 0.6 is 0 Å². The largest absolute Gasteiger partial charge is 0.313 e. The zero-order valence-electron chi connectivity index (χ0n) is 11.4. The molecule has 0 amide bonds. The first-order valence-electron chi connectivity index (χ1n) is 6.94. The van der Waals surface area contributed by atoms with Crippen molar-refractivity contribution < 1.29 is 8.78 Å². The van der Waals surface area contributed by atoms with Crippen molar-refractivity contribution in [3.8, 4) is 11.1 Å². The monoisotopic (exact) mass is 273 g/mol. The van der Waals surface area contributed by atoms with E-state index in [-0.39, 0.29) is 0 Å². The lowest BCUT2D eigenvalue weighted by atomic mass is 9.85. The SMILES string of the molecule is CNC1CCCc2ccc(-c3ccc(F)c(F)c3)cc21. The molecule has 3 rings (SSSR count). The molecule has 20 heavy (non-hydrogen) atoms. The number of fused-ring (bicyclic) bond motifs is 1. The molecule has 0 spiro atoms. The Morgan fingerprint density at radius 2 is 1.75 bits per heavy atom. The molecule has 1 aliphatic carbocycles. The lowest BCUT2D eigenvalue weighted by molar-refractivity contribution is 0.496. The van der Waals surface area contributed by atoms with Crippen LogP contribution in [-0.2, 0) is 6.42 Å². The minimum atomic E-state index is -0.806. The highest BCUT2D eigenvalue weighted by Gasteiger charge is 2.19. The molecule has 2 aromatic carbocycles. The number of aryl methyl sites for hydroxylation is 1. The second kappa shape index (κ2) is 5.33. The van der Waals surface area contributed by atoms with E-state index in [2.05, 4.69) is 17.4 Å². The molecule has 0 radical (unpaired) electrons. The van der Waals surface area contributed by atoms with E-state index < -0.39 is 11.6 Å². The van der Waals surface area contributed by atoms with Gasteiger partial charge >= 0.3 is 0 Å². The van der Waals surface area contributed by atoms with Crippen LogP contribution < -0.4 is 5.32 Å². The van der Waals surface area contributed by atoms with Gasteiger partial charge in [0.15, 0.2) is 11.6 Å². The molecule has 0 heterocycles. The summed E-state index contributed by atoms with van der Waals surface area (Å²) in [5, 5.41) is 3.33. The Morgan fingerprint density at radius 1 is 1.00 bits per heavy atom. The molecule has 0 saturated carbocycles. The summed E-state index contributed by atoms with van der Waals surface area (Å²) in [4.78, 5) is 0. The summed E-state index contributed by atoms with van der Waals surface area (Å²) >= 11 is 0. The normalized spacial score (nSPS) is 17.9. The minimum Gasteiger partial charge on any atom is -0.313 e. The van der Waals surface area contributed by atoms with Crippen molar-refractivity contribution in [1.29, 1.82) is 0 Å². The number of benzene rings is 2.